The zero-order chi connectivity index (χ0) is 12.3. The van der Waals surface area contributed by atoms with E-state index in [1.807, 2.05) is 24.1 Å². The van der Waals surface area contributed by atoms with Crippen molar-refractivity contribution in [1.82, 2.24) is 14.7 Å². The van der Waals surface area contributed by atoms with E-state index in [0.717, 1.165) is 23.9 Å². The zero-order valence-corrected chi connectivity index (χ0v) is 11.5. The quantitative estimate of drug-likeness (QED) is 0.878. The number of nitrogens with two attached hydrogens (primary N) is 1. The van der Waals surface area contributed by atoms with Gasteiger partial charge in [0.1, 0.15) is 0 Å². The molecule has 2 atom stereocenters. The third-order valence-corrected chi connectivity index (χ3v) is 4.66. The van der Waals surface area contributed by atoms with E-state index in [0.29, 0.717) is 0 Å². The summed E-state index contributed by atoms with van der Waals surface area (Å²) in [7, 11) is 1.93. The van der Waals surface area contributed by atoms with Crippen LogP contribution >= 0.6 is 11.8 Å². The largest absolute Gasteiger partial charge is 0.323 e. The van der Waals surface area contributed by atoms with E-state index in [1.165, 1.54) is 18.7 Å². The third kappa shape index (κ3) is 3.47. The molecule has 0 saturated carbocycles. The molecule has 2 rings (SSSR count). The summed E-state index contributed by atoms with van der Waals surface area (Å²) in [6, 6.07) is 0.0873. The molecule has 4 nitrogen and oxygen atoms in total. The molecule has 1 saturated heterocycles. The Morgan fingerprint density at radius 1 is 1.65 bits per heavy atom. The average Bonchev–Trinajstić information content (AvgIpc) is 2.76. The summed E-state index contributed by atoms with van der Waals surface area (Å²) < 4.78 is 1.82. The van der Waals surface area contributed by atoms with Crippen LogP contribution in [-0.4, -0.2) is 45.3 Å². The lowest BCUT2D eigenvalue weighted by Crippen LogP contribution is -2.41. The molecule has 17 heavy (non-hydrogen) atoms. The Morgan fingerprint density at radius 3 is 3.12 bits per heavy atom. The number of rotatable bonds is 4. The number of nitrogens with zero attached hydrogens (tertiary/aromatic N) is 3. The number of hydrogen-bond acceptors (Lipinski definition) is 4. The normalized spacial score (nSPS) is 23.8. The van der Waals surface area contributed by atoms with Crippen molar-refractivity contribution in [3.05, 3.63) is 18.0 Å². The second-order valence-corrected chi connectivity index (χ2v) is 6.12. The molecule has 0 amide bonds. The summed E-state index contributed by atoms with van der Waals surface area (Å²) in [4.78, 5) is 2.49. The minimum absolute atomic E-state index is 0.0873. The van der Waals surface area contributed by atoms with Gasteiger partial charge in [-0.15, -0.1) is 0 Å². The van der Waals surface area contributed by atoms with Crippen molar-refractivity contribution in [2.45, 2.75) is 24.6 Å². The van der Waals surface area contributed by atoms with Crippen LogP contribution in [0.2, 0.25) is 0 Å². The lowest BCUT2D eigenvalue weighted by atomic mass is 10.1. The maximum atomic E-state index is 6.22. The van der Waals surface area contributed by atoms with Gasteiger partial charge in [-0.1, -0.05) is 6.92 Å². The summed E-state index contributed by atoms with van der Waals surface area (Å²) in [6.45, 7) is 5.55. The molecular weight excluding hydrogens is 232 g/mol. The fraction of sp³-hybridized carbons (Fsp3) is 0.750. The van der Waals surface area contributed by atoms with Crippen molar-refractivity contribution >= 4 is 11.8 Å². The fourth-order valence-electron chi connectivity index (χ4n) is 2.21. The van der Waals surface area contributed by atoms with Gasteiger partial charge in [0, 0.05) is 55.5 Å². The first-order chi connectivity index (χ1) is 8.19. The third-order valence-electron chi connectivity index (χ3n) is 3.29. The molecule has 1 aromatic rings. The predicted octanol–water partition coefficient (Wildman–Crippen LogP) is 1.25. The maximum Gasteiger partial charge on any atom is 0.0537 e. The van der Waals surface area contributed by atoms with E-state index in [2.05, 4.69) is 28.7 Å². The van der Waals surface area contributed by atoms with Gasteiger partial charge in [-0.2, -0.15) is 16.9 Å². The summed E-state index contributed by atoms with van der Waals surface area (Å²) in [6.07, 6.45) is 5.14. The number of aryl methyl sites for hydroxylation is 1. The molecule has 1 aliphatic heterocycles. The molecule has 2 N–H and O–H groups in total. The lowest BCUT2D eigenvalue weighted by Gasteiger charge is -2.33. The highest BCUT2D eigenvalue weighted by Gasteiger charge is 2.21. The molecule has 0 spiro atoms. The van der Waals surface area contributed by atoms with Crippen LogP contribution in [0.15, 0.2) is 12.4 Å². The Bertz CT molecular complexity index is 352. The Labute approximate surface area is 108 Å². The first-order valence-electron chi connectivity index (χ1n) is 6.27. The minimum Gasteiger partial charge on any atom is -0.323 e. The van der Waals surface area contributed by atoms with E-state index in [4.69, 9.17) is 5.73 Å². The zero-order valence-electron chi connectivity index (χ0n) is 10.7. The molecule has 2 unspecified atom stereocenters. The van der Waals surface area contributed by atoms with E-state index in [1.54, 1.807) is 0 Å². The van der Waals surface area contributed by atoms with Gasteiger partial charge in [0.25, 0.3) is 0 Å². The standard InChI is InChI=1S/C12H22N4S/c1-3-11-8-16(4-5-17-11)9-12(13)10-6-14-15(2)7-10/h6-7,11-12H,3-5,8-9,13H2,1-2H3. The van der Waals surface area contributed by atoms with Crippen molar-refractivity contribution in [2.75, 3.05) is 25.4 Å². The molecule has 5 heteroatoms. The van der Waals surface area contributed by atoms with Crippen LogP contribution in [0.5, 0.6) is 0 Å². The Morgan fingerprint density at radius 2 is 2.47 bits per heavy atom. The van der Waals surface area contributed by atoms with E-state index < -0.39 is 0 Å². The average molecular weight is 254 g/mol. The smallest absolute Gasteiger partial charge is 0.0537 e. The van der Waals surface area contributed by atoms with E-state index in [9.17, 15) is 0 Å². The van der Waals surface area contributed by atoms with E-state index in [-0.39, 0.29) is 6.04 Å². The maximum absolute atomic E-state index is 6.22. The summed E-state index contributed by atoms with van der Waals surface area (Å²) >= 11 is 2.10. The fourth-order valence-corrected chi connectivity index (χ4v) is 3.46. The topological polar surface area (TPSA) is 47.1 Å². The lowest BCUT2D eigenvalue weighted by molar-refractivity contribution is 0.264. The molecule has 1 aromatic heterocycles. The first kappa shape index (κ1) is 12.9. The molecule has 2 heterocycles. The van der Waals surface area contributed by atoms with Gasteiger partial charge in [0.2, 0.25) is 0 Å². The number of thioether (sulfide) groups is 1. The van der Waals surface area contributed by atoms with Crippen LogP contribution in [0.3, 0.4) is 0 Å². The highest BCUT2D eigenvalue weighted by molar-refractivity contribution is 8.00. The van der Waals surface area contributed by atoms with Crippen molar-refractivity contribution in [2.24, 2.45) is 12.8 Å². The molecule has 0 aliphatic carbocycles. The predicted molar refractivity (Wildman–Crippen MR) is 73.1 cm³/mol. The molecule has 96 valence electrons. The van der Waals surface area contributed by atoms with Crippen molar-refractivity contribution < 1.29 is 0 Å². The SMILES string of the molecule is CCC1CN(CC(N)c2cnn(C)c2)CCS1. The molecule has 0 aromatic carbocycles. The second kappa shape index (κ2) is 5.89. The van der Waals surface area contributed by atoms with Crippen molar-refractivity contribution in [3.8, 4) is 0 Å². The van der Waals surface area contributed by atoms with Crippen LogP contribution in [0.25, 0.3) is 0 Å². The minimum atomic E-state index is 0.0873. The molecule has 1 aliphatic rings. The monoisotopic (exact) mass is 254 g/mol. The van der Waals surface area contributed by atoms with Gasteiger partial charge in [-0.05, 0) is 6.42 Å². The first-order valence-corrected chi connectivity index (χ1v) is 7.32. The van der Waals surface area contributed by atoms with Crippen LogP contribution in [0, 0.1) is 0 Å². The van der Waals surface area contributed by atoms with Gasteiger partial charge >= 0.3 is 0 Å². The molecule has 0 radical (unpaired) electrons. The summed E-state index contributed by atoms with van der Waals surface area (Å²) in [5.41, 5.74) is 7.36. The van der Waals surface area contributed by atoms with Crippen LogP contribution in [0.4, 0.5) is 0 Å². The summed E-state index contributed by atoms with van der Waals surface area (Å²) in [5, 5.41) is 4.96. The van der Waals surface area contributed by atoms with Gasteiger partial charge in [0.05, 0.1) is 6.20 Å². The van der Waals surface area contributed by atoms with Crippen molar-refractivity contribution in [1.29, 1.82) is 0 Å². The Balaban J connectivity index is 1.87. The highest BCUT2D eigenvalue weighted by atomic mass is 32.2. The molecular formula is C12H22N4S. The summed E-state index contributed by atoms with van der Waals surface area (Å²) in [5.74, 6) is 1.23. The highest BCUT2D eigenvalue weighted by Crippen LogP contribution is 2.22. The van der Waals surface area contributed by atoms with Crippen LogP contribution < -0.4 is 5.73 Å². The van der Waals surface area contributed by atoms with Gasteiger partial charge < -0.3 is 5.73 Å². The van der Waals surface area contributed by atoms with Gasteiger partial charge in [0.15, 0.2) is 0 Å². The van der Waals surface area contributed by atoms with Crippen LogP contribution in [0.1, 0.15) is 24.9 Å². The molecule has 1 fully saturated rings. The Kier molecular flexibility index (Phi) is 4.48. The Hall–Kier alpha value is -0.520. The number of hydrogen-bond donors (Lipinski definition) is 1. The van der Waals surface area contributed by atoms with Gasteiger partial charge in [-0.3, -0.25) is 9.58 Å². The second-order valence-electron chi connectivity index (χ2n) is 4.71. The van der Waals surface area contributed by atoms with Crippen molar-refractivity contribution in [3.63, 3.8) is 0 Å². The van der Waals surface area contributed by atoms with E-state index >= 15 is 0 Å². The molecule has 0 bridgehead atoms. The van der Waals surface area contributed by atoms with Gasteiger partial charge in [-0.25, -0.2) is 0 Å². The van der Waals surface area contributed by atoms with Crippen LogP contribution in [-0.2, 0) is 7.05 Å². The number of aromatic nitrogens is 2.